The van der Waals surface area contributed by atoms with Gasteiger partial charge in [-0.2, -0.15) is 0 Å². The minimum absolute atomic E-state index is 0.0818. The Balaban J connectivity index is 2.70. The Morgan fingerprint density at radius 2 is 1.77 bits per heavy atom. The third-order valence-electron chi connectivity index (χ3n) is 2.75. The average Bonchev–Trinajstić information content (AvgIpc) is 2.36. The number of carboxylic acid groups (broad SMARTS) is 1. The Labute approximate surface area is 128 Å². The van der Waals surface area contributed by atoms with Gasteiger partial charge in [-0.15, -0.1) is 0 Å². The zero-order valence-electron chi connectivity index (χ0n) is 12.2. The fraction of sp³-hybridized carbons (Fsp3) is 0.385. The van der Waals surface area contributed by atoms with Crippen LogP contribution < -0.4 is 15.8 Å². The van der Waals surface area contributed by atoms with Gasteiger partial charge in [0.2, 0.25) is 10.0 Å². The highest BCUT2D eigenvalue weighted by molar-refractivity contribution is 7.89. The lowest BCUT2D eigenvalue weighted by Gasteiger charge is -2.17. The number of urea groups is 1. The van der Waals surface area contributed by atoms with Crippen LogP contribution in [0, 0.1) is 5.92 Å². The molecule has 9 heteroatoms. The van der Waals surface area contributed by atoms with Crippen molar-refractivity contribution in [2.45, 2.75) is 31.2 Å². The first-order valence-electron chi connectivity index (χ1n) is 6.52. The number of primary sulfonamides is 1. The van der Waals surface area contributed by atoms with E-state index in [1.54, 1.807) is 0 Å². The molecule has 1 aromatic carbocycles. The van der Waals surface area contributed by atoms with E-state index in [-0.39, 0.29) is 10.8 Å². The molecule has 0 aromatic heterocycles. The van der Waals surface area contributed by atoms with Gasteiger partial charge in [-0.25, -0.2) is 23.1 Å². The summed E-state index contributed by atoms with van der Waals surface area (Å²) in [6, 6.07) is 3.52. The van der Waals surface area contributed by atoms with Crippen LogP contribution >= 0.6 is 0 Å². The second kappa shape index (κ2) is 7.23. The first kappa shape index (κ1) is 17.9. The van der Waals surface area contributed by atoms with Crippen LogP contribution in [0.1, 0.15) is 20.3 Å². The third kappa shape index (κ3) is 5.70. The topological polar surface area (TPSA) is 139 Å². The van der Waals surface area contributed by atoms with Gasteiger partial charge in [0.05, 0.1) is 4.90 Å². The van der Waals surface area contributed by atoms with Crippen LogP contribution in [0.4, 0.5) is 10.5 Å². The highest BCUT2D eigenvalue weighted by Gasteiger charge is 2.21. The molecule has 2 amide bonds. The summed E-state index contributed by atoms with van der Waals surface area (Å²) in [5.74, 6) is -1.01. The summed E-state index contributed by atoms with van der Waals surface area (Å²) < 4.78 is 22.2. The largest absolute Gasteiger partial charge is 0.480 e. The molecule has 0 saturated carbocycles. The third-order valence-corrected chi connectivity index (χ3v) is 3.68. The van der Waals surface area contributed by atoms with Crippen LogP contribution in [0.2, 0.25) is 0 Å². The number of carbonyl (C=O) groups is 2. The van der Waals surface area contributed by atoms with Crippen LogP contribution in [0.3, 0.4) is 0 Å². The quantitative estimate of drug-likeness (QED) is 0.615. The summed E-state index contributed by atoms with van der Waals surface area (Å²) in [5, 5.41) is 18.8. The summed E-state index contributed by atoms with van der Waals surface area (Å²) in [6.45, 7) is 3.70. The lowest BCUT2D eigenvalue weighted by atomic mass is 10.0. The van der Waals surface area contributed by atoms with Gasteiger partial charge in [0, 0.05) is 5.69 Å². The molecular formula is C13H19N3O5S. The van der Waals surface area contributed by atoms with Gasteiger partial charge in [-0.1, -0.05) is 13.8 Å². The number of rotatable bonds is 6. The Morgan fingerprint density at radius 3 is 2.18 bits per heavy atom. The number of carbonyl (C=O) groups excluding carboxylic acids is 1. The molecule has 8 nitrogen and oxygen atoms in total. The molecule has 0 radical (unpaired) electrons. The number of hydrogen-bond donors (Lipinski definition) is 4. The number of nitrogens with one attached hydrogen (secondary N) is 2. The lowest BCUT2D eigenvalue weighted by Crippen LogP contribution is -2.43. The van der Waals surface area contributed by atoms with Crippen molar-refractivity contribution in [3.8, 4) is 0 Å². The minimum Gasteiger partial charge on any atom is -0.480 e. The number of benzene rings is 1. The molecule has 5 N–H and O–H groups in total. The van der Waals surface area contributed by atoms with Crippen molar-refractivity contribution >= 4 is 27.7 Å². The summed E-state index contributed by atoms with van der Waals surface area (Å²) in [5.41, 5.74) is 0.318. The van der Waals surface area contributed by atoms with E-state index in [1.165, 1.54) is 24.3 Å². The number of carboxylic acids is 1. The number of anilines is 1. The molecule has 0 aliphatic carbocycles. The predicted octanol–water partition coefficient (Wildman–Crippen LogP) is 0.955. The molecule has 0 heterocycles. The number of nitrogens with two attached hydrogens (primary N) is 1. The Bertz CT molecular complexity index is 640. The second-order valence-corrected chi connectivity index (χ2v) is 6.75. The van der Waals surface area contributed by atoms with E-state index in [9.17, 15) is 18.0 Å². The standard InChI is InChI=1S/C13H19N3O5S/c1-8(2)7-11(12(17)18)16-13(19)15-9-3-5-10(6-4-9)22(14,20)21/h3-6,8,11H,7H2,1-2H3,(H,17,18)(H2,14,20,21)(H2,15,16,19)/t11-/m1/s1. The van der Waals surface area contributed by atoms with E-state index in [2.05, 4.69) is 10.6 Å². The number of aliphatic carboxylic acids is 1. The SMILES string of the molecule is CC(C)C[C@@H](NC(=O)Nc1ccc(S(N)(=O)=O)cc1)C(=O)O. The highest BCUT2D eigenvalue weighted by atomic mass is 32.2. The molecule has 0 bridgehead atoms. The van der Waals surface area contributed by atoms with Crippen molar-refractivity contribution in [1.29, 1.82) is 0 Å². The van der Waals surface area contributed by atoms with Crippen molar-refractivity contribution in [2.24, 2.45) is 11.1 Å². The molecule has 0 aliphatic heterocycles. The number of sulfonamides is 1. The zero-order valence-corrected chi connectivity index (χ0v) is 13.1. The molecule has 0 saturated heterocycles. The molecule has 1 aromatic rings. The van der Waals surface area contributed by atoms with Crippen LogP contribution in [0.5, 0.6) is 0 Å². The summed E-state index contributed by atoms with van der Waals surface area (Å²) in [6.07, 6.45) is 0.299. The van der Waals surface area contributed by atoms with E-state index in [0.717, 1.165) is 0 Å². The van der Waals surface area contributed by atoms with Gasteiger partial charge in [-0.05, 0) is 36.6 Å². The first-order valence-corrected chi connectivity index (χ1v) is 8.07. The Hall–Kier alpha value is -2.13. The molecule has 1 atom stereocenters. The maximum absolute atomic E-state index is 11.8. The van der Waals surface area contributed by atoms with Crippen LogP contribution in [0.15, 0.2) is 29.2 Å². The molecule has 1 rings (SSSR count). The number of amides is 2. The Morgan fingerprint density at radius 1 is 1.23 bits per heavy atom. The van der Waals surface area contributed by atoms with Crippen LogP contribution in [0.25, 0.3) is 0 Å². The van der Waals surface area contributed by atoms with Gasteiger partial charge < -0.3 is 15.7 Å². The molecule has 0 aliphatic rings. The average molecular weight is 329 g/mol. The molecule has 0 fully saturated rings. The van der Waals surface area contributed by atoms with Gasteiger partial charge in [0.1, 0.15) is 6.04 Å². The van der Waals surface area contributed by atoms with Crippen molar-refractivity contribution in [1.82, 2.24) is 5.32 Å². The maximum Gasteiger partial charge on any atom is 0.326 e. The normalized spacial score (nSPS) is 12.7. The van der Waals surface area contributed by atoms with E-state index < -0.39 is 28.1 Å². The molecular weight excluding hydrogens is 310 g/mol. The maximum atomic E-state index is 11.8. The molecule has 0 unspecified atom stereocenters. The molecule has 22 heavy (non-hydrogen) atoms. The molecule has 0 spiro atoms. The van der Waals surface area contributed by atoms with E-state index in [4.69, 9.17) is 10.2 Å². The first-order chi connectivity index (χ1) is 10.1. The van der Waals surface area contributed by atoms with Crippen LogP contribution in [-0.2, 0) is 14.8 Å². The number of hydrogen-bond acceptors (Lipinski definition) is 4. The second-order valence-electron chi connectivity index (χ2n) is 5.19. The molecule has 122 valence electrons. The van der Waals surface area contributed by atoms with Gasteiger partial charge in [-0.3, -0.25) is 0 Å². The zero-order chi connectivity index (χ0) is 16.9. The minimum atomic E-state index is -3.80. The van der Waals surface area contributed by atoms with E-state index in [1.807, 2.05) is 13.8 Å². The summed E-state index contributed by atoms with van der Waals surface area (Å²) >= 11 is 0. The van der Waals surface area contributed by atoms with E-state index in [0.29, 0.717) is 12.1 Å². The van der Waals surface area contributed by atoms with Crippen molar-refractivity contribution in [3.05, 3.63) is 24.3 Å². The van der Waals surface area contributed by atoms with E-state index >= 15 is 0 Å². The smallest absolute Gasteiger partial charge is 0.326 e. The van der Waals surface area contributed by atoms with Gasteiger partial charge >= 0.3 is 12.0 Å². The summed E-state index contributed by atoms with van der Waals surface area (Å²) in [7, 11) is -3.80. The van der Waals surface area contributed by atoms with Gasteiger partial charge in [0.15, 0.2) is 0 Å². The predicted molar refractivity (Wildman–Crippen MR) is 80.8 cm³/mol. The van der Waals surface area contributed by atoms with Crippen LogP contribution in [-0.4, -0.2) is 31.6 Å². The van der Waals surface area contributed by atoms with Gasteiger partial charge in [0.25, 0.3) is 0 Å². The highest BCUT2D eigenvalue weighted by Crippen LogP contribution is 2.13. The fourth-order valence-corrected chi connectivity index (χ4v) is 2.26. The lowest BCUT2D eigenvalue weighted by molar-refractivity contribution is -0.139. The van der Waals surface area contributed by atoms with Crippen molar-refractivity contribution < 1.29 is 23.1 Å². The Kier molecular flexibility index (Phi) is 5.89. The summed E-state index contributed by atoms with van der Waals surface area (Å²) in [4.78, 5) is 22.7. The monoisotopic (exact) mass is 329 g/mol. The van der Waals surface area contributed by atoms with Crippen molar-refractivity contribution in [2.75, 3.05) is 5.32 Å². The van der Waals surface area contributed by atoms with Crippen molar-refractivity contribution in [3.63, 3.8) is 0 Å². The fourth-order valence-electron chi connectivity index (χ4n) is 1.75.